The summed E-state index contributed by atoms with van der Waals surface area (Å²) in [6.45, 7) is 7.72. The SMILES string of the molecule is Cc1cc(C)c2ccc(N3CCN(c4ncccn4)CC3)nc2n1. The first kappa shape index (κ1) is 14.8. The Morgan fingerprint density at radius 1 is 0.875 bits per heavy atom. The standard InChI is InChI=1S/C18H20N6/c1-13-12-14(2)21-17-15(13)4-5-16(22-17)23-8-10-24(11-9-23)18-19-6-3-7-20-18/h3-7,12H,8-11H2,1-2H3. The highest BCUT2D eigenvalue weighted by Gasteiger charge is 2.20. The third kappa shape index (κ3) is 2.75. The topological polar surface area (TPSA) is 58.0 Å². The fourth-order valence-electron chi connectivity index (χ4n) is 3.19. The molecule has 1 fully saturated rings. The van der Waals surface area contributed by atoms with Crippen LogP contribution in [0, 0.1) is 13.8 Å². The van der Waals surface area contributed by atoms with E-state index in [1.54, 1.807) is 12.4 Å². The molecular formula is C18H20N6. The van der Waals surface area contributed by atoms with Gasteiger partial charge in [-0.3, -0.25) is 0 Å². The Morgan fingerprint density at radius 2 is 1.58 bits per heavy atom. The zero-order valence-electron chi connectivity index (χ0n) is 14.0. The molecule has 0 aliphatic carbocycles. The summed E-state index contributed by atoms with van der Waals surface area (Å²) in [6, 6.07) is 8.17. The fraction of sp³-hybridized carbons (Fsp3) is 0.333. The highest BCUT2D eigenvalue weighted by molar-refractivity contribution is 5.80. The minimum atomic E-state index is 0.802. The van der Waals surface area contributed by atoms with Crippen molar-refractivity contribution in [2.75, 3.05) is 36.0 Å². The molecule has 122 valence electrons. The second kappa shape index (κ2) is 6.03. The summed E-state index contributed by atoms with van der Waals surface area (Å²) in [4.78, 5) is 22.5. The summed E-state index contributed by atoms with van der Waals surface area (Å²) in [6.07, 6.45) is 3.58. The van der Waals surface area contributed by atoms with Gasteiger partial charge in [-0.05, 0) is 43.7 Å². The van der Waals surface area contributed by atoms with Crippen molar-refractivity contribution in [3.8, 4) is 0 Å². The van der Waals surface area contributed by atoms with Gasteiger partial charge in [-0.2, -0.15) is 0 Å². The smallest absolute Gasteiger partial charge is 0.225 e. The van der Waals surface area contributed by atoms with E-state index >= 15 is 0 Å². The van der Waals surface area contributed by atoms with Crippen LogP contribution in [0.25, 0.3) is 11.0 Å². The van der Waals surface area contributed by atoms with Crippen LogP contribution < -0.4 is 9.80 Å². The molecule has 0 unspecified atom stereocenters. The van der Waals surface area contributed by atoms with E-state index in [-0.39, 0.29) is 0 Å². The fourth-order valence-corrected chi connectivity index (χ4v) is 3.19. The van der Waals surface area contributed by atoms with Gasteiger partial charge in [0.2, 0.25) is 5.95 Å². The number of nitrogens with zero attached hydrogens (tertiary/aromatic N) is 6. The van der Waals surface area contributed by atoms with E-state index in [0.717, 1.165) is 54.7 Å². The number of pyridine rings is 2. The first-order valence-electron chi connectivity index (χ1n) is 8.22. The molecule has 3 aromatic heterocycles. The van der Waals surface area contributed by atoms with Gasteiger partial charge in [-0.25, -0.2) is 19.9 Å². The van der Waals surface area contributed by atoms with E-state index in [9.17, 15) is 0 Å². The molecule has 6 nitrogen and oxygen atoms in total. The van der Waals surface area contributed by atoms with Crippen molar-refractivity contribution in [3.05, 3.63) is 47.9 Å². The lowest BCUT2D eigenvalue weighted by Gasteiger charge is -2.35. The molecule has 1 aliphatic heterocycles. The molecule has 0 aromatic carbocycles. The average molecular weight is 320 g/mol. The van der Waals surface area contributed by atoms with Crippen LogP contribution in [0.1, 0.15) is 11.3 Å². The van der Waals surface area contributed by atoms with Crippen molar-refractivity contribution in [2.45, 2.75) is 13.8 Å². The maximum absolute atomic E-state index is 4.78. The molecule has 0 bridgehead atoms. The number of anilines is 2. The number of aryl methyl sites for hydroxylation is 2. The van der Waals surface area contributed by atoms with Crippen molar-refractivity contribution in [2.24, 2.45) is 0 Å². The van der Waals surface area contributed by atoms with Crippen LogP contribution in [0.3, 0.4) is 0 Å². The van der Waals surface area contributed by atoms with E-state index in [0.29, 0.717) is 0 Å². The van der Waals surface area contributed by atoms with Crippen LogP contribution in [0.15, 0.2) is 36.7 Å². The predicted octanol–water partition coefficient (Wildman–Crippen LogP) is 2.36. The zero-order chi connectivity index (χ0) is 16.5. The first-order chi connectivity index (χ1) is 11.7. The molecule has 1 aliphatic rings. The Kier molecular flexibility index (Phi) is 3.72. The van der Waals surface area contributed by atoms with E-state index in [1.807, 2.05) is 13.0 Å². The molecule has 0 amide bonds. The summed E-state index contributed by atoms with van der Waals surface area (Å²) < 4.78 is 0. The molecule has 4 heterocycles. The van der Waals surface area contributed by atoms with Gasteiger partial charge in [0.05, 0.1) is 0 Å². The molecule has 24 heavy (non-hydrogen) atoms. The number of hydrogen-bond acceptors (Lipinski definition) is 6. The van der Waals surface area contributed by atoms with Crippen LogP contribution in [-0.4, -0.2) is 46.1 Å². The number of aromatic nitrogens is 4. The Hall–Kier alpha value is -2.76. The van der Waals surface area contributed by atoms with Gasteiger partial charge in [-0.15, -0.1) is 0 Å². The Morgan fingerprint density at radius 3 is 2.33 bits per heavy atom. The maximum Gasteiger partial charge on any atom is 0.225 e. The van der Waals surface area contributed by atoms with Gasteiger partial charge in [0, 0.05) is 49.7 Å². The highest BCUT2D eigenvalue weighted by Crippen LogP contribution is 2.22. The molecule has 0 radical (unpaired) electrons. The summed E-state index contributed by atoms with van der Waals surface area (Å²) >= 11 is 0. The van der Waals surface area contributed by atoms with Gasteiger partial charge < -0.3 is 9.80 Å². The Bertz CT molecular complexity index is 856. The molecule has 0 N–H and O–H groups in total. The van der Waals surface area contributed by atoms with E-state index < -0.39 is 0 Å². The zero-order valence-corrected chi connectivity index (χ0v) is 14.0. The summed E-state index contributed by atoms with van der Waals surface area (Å²) in [7, 11) is 0. The van der Waals surface area contributed by atoms with Crippen molar-refractivity contribution < 1.29 is 0 Å². The maximum atomic E-state index is 4.78. The second-order valence-corrected chi connectivity index (χ2v) is 6.14. The summed E-state index contributed by atoms with van der Waals surface area (Å²) in [5, 5.41) is 1.13. The molecule has 4 rings (SSSR count). The lowest BCUT2D eigenvalue weighted by Crippen LogP contribution is -2.47. The van der Waals surface area contributed by atoms with Crippen LogP contribution in [0.4, 0.5) is 11.8 Å². The number of hydrogen-bond donors (Lipinski definition) is 0. The van der Waals surface area contributed by atoms with E-state index in [4.69, 9.17) is 4.98 Å². The second-order valence-electron chi connectivity index (χ2n) is 6.14. The van der Waals surface area contributed by atoms with Gasteiger partial charge in [0.1, 0.15) is 5.82 Å². The third-order valence-electron chi connectivity index (χ3n) is 4.43. The normalized spacial score (nSPS) is 15.1. The summed E-state index contributed by atoms with van der Waals surface area (Å²) in [5.41, 5.74) is 3.07. The molecule has 1 saturated heterocycles. The quantitative estimate of drug-likeness (QED) is 0.722. The third-order valence-corrected chi connectivity index (χ3v) is 4.43. The average Bonchev–Trinajstić information content (AvgIpc) is 2.62. The molecule has 0 saturated carbocycles. The number of rotatable bonds is 2. The Balaban J connectivity index is 1.54. The monoisotopic (exact) mass is 320 g/mol. The molecule has 6 heteroatoms. The van der Waals surface area contributed by atoms with Gasteiger partial charge in [-0.1, -0.05) is 0 Å². The number of piperazine rings is 1. The van der Waals surface area contributed by atoms with Gasteiger partial charge >= 0.3 is 0 Å². The van der Waals surface area contributed by atoms with Crippen molar-refractivity contribution in [3.63, 3.8) is 0 Å². The van der Waals surface area contributed by atoms with Crippen molar-refractivity contribution in [1.82, 2.24) is 19.9 Å². The van der Waals surface area contributed by atoms with Crippen molar-refractivity contribution >= 4 is 22.8 Å². The van der Waals surface area contributed by atoms with Gasteiger partial charge in [0.25, 0.3) is 0 Å². The molecule has 3 aromatic rings. The lowest BCUT2D eigenvalue weighted by atomic mass is 10.1. The van der Waals surface area contributed by atoms with Crippen LogP contribution in [-0.2, 0) is 0 Å². The van der Waals surface area contributed by atoms with Crippen LogP contribution in [0.2, 0.25) is 0 Å². The minimum absolute atomic E-state index is 0.802. The Labute approximate surface area is 141 Å². The van der Waals surface area contributed by atoms with E-state index in [2.05, 4.69) is 49.9 Å². The predicted molar refractivity (Wildman–Crippen MR) is 95.5 cm³/mol. The molecular weight excluding hydrogens is 300 g/mol. The molecule has 0 spiro atoms. The summed E-state index contributed by atoms with van der Waals surface area (Å²) in [5.74, 6) is 1.80. The number of fused-ring (bicyclic) bond motifs is 1. The van der Waals surface area contributed by atoms with Crippen LogP contribution >= 0.6 is 0 Å². The first-order valence-corrected chi connectivity index (χ1v) is 8.22. The lowest BCUT2D eigenvalue weighted by molar-refractivity contribution is 0.635. The highest BCUT2D eigenvalue weighted by atomic mass is 15.3. The molecule has 0 atom stereocenters. The minimum Gasteiger partial charge on any atom is -0.353 e. The van der Waals surface area contributed by atoms with Gasteiger partial charge in [0.15, 0.2) is 5.65 Å². The van der Waals surface area contributed by atoms with Crippen LogP contribution in [0.5, 0.6) is 0 Å². The largest absolute Gasteiger partial charge is 0.353 e. The van der Waals surface area contributed by atoms with Crippen molar-refractivity contribution in [1.29, 1.82) is 0 Å². The van der Waals surface area contributed by atoms with E-state index in [1.165, 1.54) is 5.56 Å².